The van der Waals surface area contributed by atoms with Crippen molar-refractivity contribution in [2.45, 2.75) is 6.37 Å². The average Bonchev–Trinajstić information content (AvgIpc) is 1.62. The zero-order valence-corrected chi connectivity index (χ0v) is 3.70. The van der Waals surface area contributed by atoms with E-state index >= 15 is 0 Å². The highest BCUT2D eigenvalue weighted by molar-refractivity contribution is 7.80. The molecule has 0 amide bonds. The van der Waals surface area contributed by atoms with Crippen LogP contribution >= 0.6 is 12.6 Å². The highest BCUT2D eigenvalue weighted by Gasteiger charge is 1.88. The highest BCUT2D eigenvalue weighted by Crippen LogP contribution is 1.79. The standard InChI is InChI=1S/C3H6O2S/c4-3(5)1-2-6/h6H,1-2H2,(H,4,5)/i1D2,2D2. The van der Waals surface area contributed by atoms with Gasteiger partial charge in [-0.05, 0) is 0 Å². The largest absolute Gasteiger partial charge is 0.481 e. The number of hydrogen-bond acceptors (Lipinski definition) is 2. The monoisotopic (exact) mass is 110 g/mol. The fraction of sp³-hybridized carbons (Fsp3) is 0.667. The summed E-state index contributed by atoms with van der Waals surface area (Å²) < 4.78 is 26.6. The molecule has 6 heavy (non-hydrogen) atoms. The maximum atomic E-state index is 10.0. The van der Waals surface area contributed by atoms with Crippen molar-refractivity contribution < 1.29 is 15.4 Å². The summed E-state index contributed by atoms with van der Waals surface area (Å²) in [6.45, 7) is 0. The van der Waals surface area contributed by atoms with Crippen LogP contribution in [0.25, 0.3) is 0 Å². The van der Waals surface area contributed by atoms with Crippen molar-refractivity contribution in [1.29, 1.82) is 0 Å². The van der Waals surface area contributed by atoms with Gasteiger partial charge >= 0.3 is 5.97 Å². The van der Waals surface area contributed by atoms with Gasteiger partial charge in [-0.2, -0.15) is 12.6 Å². The molecule has 0 saturated carbocycles. The molecular formula is C3H6O2S. The number of carboxylic acids is 1. The lowest BCUT2D eigenvalue weighted by Crippen LogP contribution is -1.93. The van der Waals surface area contributed by atoms with Gasteiger partial charge in [-0.3, -0.25) is 4.79 Å². The smallest absolute Gasteiger partial charge is 0.304 e. The van der Waals surface area contributed by atoms with Gasteiger partial charge in [-0.15, -0.1) is 0 Å². The normalized spacial score (nSPS) is 22.8. The molecule has 0 spiro atoms. The molecule has 0 aromatic heterocycles. The Morgan fingerprint density at radius 2 is 2.67 bits per heavy atom. The zero-order chi connectivity index (χ0) is 8.58. The van der Waals surface area contributed by atoms with E-state index < -0.39 is 18.0 Å². The van der Waals surface area contributed by atoms with Gasteiger partial charge in [0.2, 0.25) is 0 Å². The predicted octanol–water partition coefficient (Wildman–Crippen LogP) is 0.391. The Morgan fingerprint density at radius 3 is 2.67 bits per heavy atom. The molecule has 0 radical (unpaired) electrons. The second-order valence-corrected chi connectivity index (χ2v) is 0.766. The molecule has 0 unspecified atom stereocenters. The van der Waals surface area contributed by atoms with Crippen LogP contribution < -0.4 is 0 Å². The molecule has 0 fully saturated rings. The molecule has 0 bridgehead atoms. The minimum absolute atomic E-state index is 1.85. The Bertz CT molecular complexity index is 151. The summed E-state index contributed by atoms with van der Waals surface area (Å²) in [6, 6.07) is 0. The summed E-state index contributed by atoms with van der Waals surface area (Å²) in [6.07, 6.45) is -2.95. The fourth-order valence-corrected chi connectivity index (χ4v) is 0.143. The van der Waals surface area contributed by atoms with E-state index in [0.717, 1.165) is 0 Å². The Balaban J connectivity index is 4.57. The van der Waals surface area contributed by atoms with E-state index in [2.05, 4.69) is 12.6 Å². The van der Waals surface area contributed by atoms with Gasteiger partial charge in [0.05, 0.1) is 6.37 Å². The van der Waals surface area contributed by atoms with Gasteiger partial charge in [0, 0.05) is 11.2 Å². The lowest BCUT2D eigenvalue weighted by Gasteiger charge is -1.79. The van der Waals surface area contributed by atoms with E-state index in [1.807, 2.05) is 0 Å². The number of hydrogen-bond donors (Lipinski definition) is 2. The first-order valence-electron chi connectivity index (χ1n) is 3.15. The fourth-order valence-electron chi connectivity index (χ4n) is 0.0478. The van der Waals surface area contributed by atoms with Gasteiger partial charge in [-0.25, -0.2) is 0 Å². The third kappa shape index (κ3) is 3.82. The molecule has 0 aliphatic carbocycles. The number of carbonyl (C=O) groups is 1. The zero-order valence-electron chi connectivity index (χ0n) is 6.80. The lowest BCUT2D eigenvalue weighted by molar-refractivity contribution is -0.136. The molecule has 0 aromatic carbocycles. The van der Waals surface area contributed by atoms with Crippen molar-refractivity contribution in [1.82, 2.24) is 0 Å². The van der Waals surface area contributed by atoms with Crippen LogP contribution in [0.15, 0.2) is 0 Å². The minimum atomic E-state index is -2.95. The van der Waals surface area contributed by atoms with Crippen LogP contribution in [0.1, 0.15) is 11.9 Å². The maximum Gasteiger partial charge on any atom is 0.304 e. The predicted molar refractivity (Wildman–Crippen MR) is 26.1 cm³/mol. The van der Waals surface area contributed by atoms with Crippen LogP contribution in [0.5, 0.6) is 0 Å². The van der Waals surface area contributed by atoms with Crippen LogP contribution in [0.4, 0.5) is 0 Å². The first kappa shape index (κ1) is 1.74. The van der Waals surface area contributed by atoms with Crippen molar-refractivity contribution in [3.05, 3.63) is 0 Å². The summed E-state index contributed by atoms with van der Waals surface area (Å²) >= 11 is 3.15. The molecule has 0 heterocycles. The molecule has 0 rings (SSSR count). The summed E-state index contributed by atoms with van der Waals surface area (Å²) in [7, 11) is 0. The first-order valence-corrected chi connectivity index (χ1v) is 1.60. The number of aliphatic carboxylic acids is 1. The molecule has 0 aliphatic rings. The Labute approximate surface area is 47.2 Å². The molecule has 3 heteroatoms. The summed E-state index contributed by atoms with van der Waals surface area (Å²) in [5.74, 6) is -1.85. The summed E-state index contributed by atoms with van der Waals surface area (Å²) in [5, 5.41) is 8.11. The summed E-state index contributed by atoms with van der Waals surface area (Å²) in [4.78, 5) is 10.0. The van der Waals surface area contributed by atoms with Gasteiger partial charge < -0.3 is 5.11 Å². The van der Waals surface area contributed by atoms with Crippen LogP contribution in [0.2, 0.25) is 0 Å². The van der Waals surface area contributed by atoms with Crippen molar-refractivity contribution in [3.8, 4) is 0 Å². The quantitative estimate of drug-likeness (QED) is 0.504. The van der Waals surface area contributed by atoms with Crippen LogP contribution in [-0.2, 0) is 4.79 Å². The van der Waals surface area contributed by atoms with E-state index in [9.17, 15) is 4.79 Å². The van der Waals surface area contributed by atoms with Gasteiger partial charge in [0.25, 0.3) is 0 Å². The van der Waals surface area contributed by atoms with Gasteiger partial charge in [0.15, 0.2) is 0 Å². The molecule has 0 saturated heterocycles. The molecule has 0 aliphatic heterocycles. The van der Waals surface area contributed by atoms with E-state index in [0.29, 0.717) is 0 Å². The van der Waals surface area contributed by atoms with Crippen molar-refractivity contribution in [2.24, 2.45) is 0 Å². The number of thiol groups is 1. The average molecular weight is 110 g/mol. The van der Waals surface area contributed by atoms with Crippen LogP contribution in [0, 0.1) is 0 Å². The first-order chi connectivity index (χ1) is 4.19. The second kappa shape index (κ2) is 3.03. The van der Waals surface area contributed by atoms with Crippen molar-refractivity contribution >= 4 is 18.6 Å². The van der Waals surface area contributed by atoms with E-state index in [4.69, 9.17) is 10.6 Å². The third-order valence-electron chi connectivity index (χ3n) is 0.163. The molecule has 0 atom stereocenters. The Morgan fingerprint density at radius 1 is 2.17 bits per heavy atom. The second-order valence-electron chi connectivity index (χ2n) is 0.542. The third-order valence-corrected chi connectivity index (χ3v) is 0.275. The SMILES string of the molecule is [2H]C([2H])(S)C([2H])([2H])C(=O)O. The molecule has 36 valence electrons. The van der Waals surface area contributed by atoms with Gasteiger partial charge in [-0.1, -0.05) is 0 Å². The van der Waals surface area contributed by atoms with Crippen LogP contribution in [-0.4, -0.2) is 16.8 Å². The van der Waals surface area contributed by atoms with E-state index in [1.54, 1.807) is 0 Å². The minimum Gasteiger partial charge on any atom is -0.481 e. The molecule has 2 nitrogen and oxygen atoms in total. The molecule has 1 N–H and O–H groups in total. The Hall–Kier alpha value is -0.180. The number of carboxylic acid groups (broad SMARTS) is 1. The molecule has 0 aromatic rings. The van der Waals surface area contributed by atoms with Crippen molar-refractivity contribution in [2.75, 3.05) is 5.70 Å². The summed E-state index contributed by atoms with van der Waals surface area (Å²) in [5.41, 5.74) is -2.65. The Kier molecular flexibility index (Phi) is 0.877. The topological polar surface area (TPSA) is 37.3 Å². The molecular weight excluding hydrogens is 100 g/mol. The van der Waals surface area contributed by atoms with Gasteiger partial charge in [0.1, 0.15) is 0 Å². The van der Waals surface area contributed by atoms with Crippen LogP contribution in [0.3, 0.4) is 0 Å². The van der Waals surface area contributed by atoms with Crippen molar-refractivity contribution in [3.63, 3.8) is 0 Å². The highest BCUT2D eigenvalue weighted by atomic mass is 32.1. The maximum absolute atomic E-state index is 10.0. The number of rotatable bonds is 2. The lowest BCUT2D eigenvalue weighted by atomic mass is 10.5. The van der Waals surface area contributed by atoms with E-state index in [-0.39, 0.29) is 0 Å². The van der Waals surface area contributed by atoms with E-state index in [1.165, 1.54) is 0 Å².